The van der Waals surface area contributed by atoms with Gasteiger partial charge in [0.1, 0.15) is 11.9 Å². The molecule has 0 aliphatic rings. The van der Waals surface area contributed by atoms with Crippen LogP contribution in [0.25, 0.3) is 0 Å². The Hall–Kier alpha value is -1.80. The van der Waals surface area contributed by atoms with Crippen LogP contribution in [-0.4, -0.2) is 16.5 Å². The van der Waals surface area contributed by atoms with Gasteiger partial charge in [0, 0.05) is 6.20 Å². The number of aromatic nitrogens is 1. The normalized spacial score (nSPS) is 13.3. The lowest BCUT2D eigenvalue weighted by Gasteiger charge is -2.11. The first-order valence-corrected chi connectivity index (χ1v) is 5.92. The summed E-state index contributed by atoms with van der Waals surface area (Å²) in [6.07, 6.45) is -4.29. The molecule has 0 amide bonds. The van der Waals surface area contributed by atoms with Crippen molar-refractivity contribution in [1.82, 2.24) is 4.98 Å². The molecule has 0 radical (unpaired) electrons. The van der Waals surface area contributed by atoms with Crippen LogP contribution in [0.3, 0.4) is 0 Å². The van der Waals surface area contributed by atoms with Gasteiger partial charge in [-0.3, -0.25) is 0 Å². The molecule has 4 nitrogen and oxygen atoms in total. The number of benzene rings is 1. The van der Waals surface area contributed by atoms with Crippen LogP contribution in [0.4, 0.5) is 18.3 Å². The maximum Gasteiger partial charge on any atom is 0.573 e. The molecule has 8 heteroatoms. The highest BCUT2D eigenvalue weighted by molar-refractivity contribution is 7.15. The van der Waals surface area contributed by atoms with E-state index in [1.54, 1.807) is 0 Å². The molecule has 0 saturated heterocycles. The minimum absolute atomic E-state index is 0.311. The molecule has 3 N–H and O–H groups in total. The molecule has 102 valence electrons. The van der Waals surface area contributed by atoms with Crippen molar-refractivity contribution < 1.29 is 23.0 Å². The summed E-state index contributed by atoms with van der Waals surface area (Å²) < 4.78 is 39.7. The fraction of sp³-hybridized carbons (Fsp3) is 0.182. The smallest absolute Gasteiger partial charge is 0.406 e. The molecule has 0 spiro atoms. The highest BCUT2D eigenvalue weighted by Gasteiger charge is 2.31. The number of aliphatic hydroxyl groups is 1. The number of aliphatic hydroxyl groups excluding tert-OH is 1. The predicted octanol–water partition coefficient (Wildman–Crippen LogP) is 2.71. The molecule has 1 atom stereocenters. The Morgan fingerprint density at radius 1 is 1.26 bits per heavy atom. The second-order valence-electron chi connectivity index (χ2n) is 3.62. The second-order valence-corrected chi connectivity index (χ2v) is 4.71. The lowest BCUT2D eigenvalue weighted by molar-refractivity contribution is -0.274. The van der Waals surface area contributed by atoms with E-state index >= 15 is 0 Å². The Morgan fingerprint density at radius 2 is 1.89 bits per heavy atom. The van der Waals surface area contributed by atoms with Gasteiger partial charge in [0.2, 0.25) is 0 Å². The Labute approximate surface area is 110 Å². The lowest BCUT2D eigenvalue weighted by Crippen LogP contribution is -2.17. The van der Waals surface area contributed by atoms with Gasteiger partial charge in [-0.05, 0) is 17.7 Å². The van der Waals surface area contributed by atoms with Crippen LogP contribution in [-0.2, 0) is 0 Å². The third kappa shape index (κ3) is 3.58. The van der Waals surface area contributed by atoms with E-state index in [0.29, 0.717) is 15.6 Å². The average Bonchev–Trinajstić information content (AvgIpc) is 2.74. The molecule has 2 aromatic rings. The number of ether oxygens (including phenoxy) is 1. The molecule has 1 aromatic carbocycles. The van der Waals surface area contributed by atoms with Crippen molar-refractivity contribution in [1.29, 1.82) is 0 Å². The standard InChI is InChI=1S/C11H9F3N2O2S/c12-11(13,14)18-7-3-1-6(2-4-7)9(17)8-5-16-10(15)19-8/h1-5,9,17H,(H2,15,16). The molecule has 1 unspecified atom stereocenters. The van der Waals surface area contributed by atoms with Gasteiger partial charge in [-0.1, -0.05) is 23.5 Å². The molecular weight excluding hydrogens is 281 g/mol. The largest absolute Gasteiger partial charge is 0.573 e. The van der Waals surface area contributed by atoms with Crippen molar-refractivity contribution in [3.05, 3.63) is 40.9 Å². The van der Waals surface area contributed by atoms with E-state index in [1.807, 2.05) is 0 Å². The number of thiazole rings is 1. The fourth-order valence-electron chi connectivity index (χ4n) is 1.44. The number of hydrogen-bond acceptors (Lipinski definition) is 5. The maximum absolute atomic E-state index is 12.0. The zero-order valence-corrected chi connectivity index (χ0v) is 10.2. The molecule has 1 aromatic heterocycles. The zero-order chi connectivity index (χ0) is 14.0. The topological polar surface area (TPSA) is 68.4 Å². The van der Waals surface area contributed by atoms with Crippen molar-refractivity contribution in [2.24, 2.45) is 0 Å². The number of anilines is 1. The van der Waals surface area contributed by atoms with Gasteiger partial charge in [-0.25, -0.2) is 4.98 Å². The molecule has 1 heterocycles. The summed E-state index contributed by atoms with van der Waals surface area (Å²) in [7, 11) is 0. The first-order valence-electron chi connectivity index (χ1n) is 5.10. The van der Waals surface area contributed by atoms with Gasteiger partial charge in [0.15, 0.2) is 5.13 Å². The monoisotopic (exact) mass is 290 g/mol. The number of nitrogen functional groups attached to an aromatic ring is 1. The van der Waals surface area contributed by atoms with Crippen LogP contribution >= 0.6 is 11.3 Å². The number of nitrogens with zero attached hydrogens (tertiary/aromatic N) is 1. The van der Waals surface area contributed by atoms with Gasteiger partial charge in [0.05, 0.1) is 4.88 Å². The number of halogens is 3. The van der Waals surface area contributed by atoms with Crippen LogP contribution in [0, 0.1) is 0 Å². The highest BCUT2D eigenvalue weighted by atomic mass is 32.1. The molecule has 0 saturated carbocycles. The lowest BCUT2D eigenvalue weighted by atomic mass is 10.1. The molecule has 0 aliphatic heterocycles. The fourth-order valence-corrected chi connectivity index (χ4v) is 2.14. The quantitative estimate of drug-likeness (QED) is 0.912. The van der Waals surface area contributed by atoms with E-state index in [1.165, 1.54) is 18.3 Å². The first kappa shape index (κ1) is 13.6. The van der Waals surface area contributed by atoms with E-state index in [9.17, 15) is 18.3 Å². The Balaban J connectivity index is 2.14. The highest BCUT2D eigenvalue weighted by Crippen LogP contribution is 2.30. The van der Waals surface area contributed by atoms with E-state index < -0.39 is 12.5 Å². The SMILES string of the molecule is Nc1ncc(C(O)c2ccc(OC(F)(F)F)cc2)s1. The van der Waals surface area contributed by atoms with Crippen LogP contribution in [0.5, 0.6) is 5.75 Å². The van der Waals surface area contributed by atoms with Crippen LogP contribution in [0.1, 0.15) is 16.5 Å². The van der Waals surface area contributed by atoms with E-state index in [-0.39, 0.29) is 5.75 Å². The Morgan fingerprint density at radius 3 is 2.37 bits per heavy atom. The zero-order valence-electron chi connectivity index (χ0n) is 9.39. The van der Waals surface area contributed by atoms with Gasteiger partial charge in [-0.15, -0.1) is 13.2 Å². The summed E-state index contributed by atoms with van der Waals surface area (Å²) in [6, 6.07) is 4.97. The minimum atomic E-state index is -4.73. The van der Waals surface area contributed by atoms with Crippen LogP contribution in [0.15, 0.2) is 30.5 Å². The number of rotatable bonds is 3. The average molecular weight is 290 g/mol. The third-order valence-electron chi connectivity index (χ3n) is 2.24. The van der Waals surface area contributed by atoms with Crippen molar-refractivity contribution in [2.45, 2.75) is 12.5 Å². The van der Waals surface area contributed by atoms with Crippen molar-refractivity contribution in [3.63, 3.8) is 0 Å². The van der Waals surface area contributed by atoms with Crippen molar-refractivity contribution in [2.75, 3.05) is 5.73 Å². The molecule has 19 heavy (non-hydrogen) atoms. The van der Waals surface area contributed by atoms with Crippen LogP contribution < -0.4 is 10.5 Å². The first-order chi connectivity index (χ1) is 8.85. The molecule has 0 aliphatic carbocycles. The number of alkyl halides is 3. The van der Waals surface area contributed by atoms with Gasteiger partial charge in [0.25, 0.3) is 0 Å². The Kier molecular flexibility index (Phi) is 3.63. The van der Waals surface area contributed by atoms with E-state index in [2.05, 4.69) is 9.72 Å². The molecular formula is C11H9F3N2O2S. The summed E-state index contributed by atoms with van der Waals surface area (Å²) >= 11 is 1.11. The number of nitrogens with two attached hydrogens (primary N) is 1. The summed E-state index contributed by atoms with van der Waals surface area (Å²) in [4.78, 5) is 4.31. The van der Waals surface area contributed by atoms with Crippen LogP contribution in [0.2, 0.25) is 0 Å². The maximum atomic E-state index is 12.0. The summed E-state index contributed by atoms with van der Waals surface area (Å²) in [5.74, 6) is -0.340. The van der Waals surface area contributed by atoms with Gasteiger partial charge in [-0.2, -0.15) is 0 Å². The second kappa shape index (κ2) is 5.06. The Bertz CT molecular complexity index is 554. The van der Waals surface area contributed by atoms with Crippen molar-refractivity contribution >= 4 is 16.5 Å². The van der Waals surface area contributed by atoms with Gasteiger partial charge < -0.3 is 15.6 Å². The summed E-state index contributed by atoms with van der Waals surface area (Å²) in [5.41, 5.74) is 5.87. The summed E-state index contributed by atoms with van der Waals surface area (Å²) in [5, 5.41) is 10.3. The third-order valence-corrected chi connectivity index (χ3v) is 3.12. The molecule has 0 fully saturated rings. The summed E-state index contributed by atoms with van der Waals surface area (Å²) in [6.45, 7) is 0. The number of hydrogen-bond donors (Lipinski definition) is 2. The molecule has 2 rings (SSSR count). The van der Waals surface area contributed by atoms with Gasteiger partial charge >= 0.3 is 6.36 Å². The van der Waals surface area contributed by atoms with E-state index in [0.717, 1.165) is 23.5 Å². The van der Waals surface area contributed by atoms with E-state index in [4.69, 9.17) is 5.73 Å². The predicted molar refractivity (Wildman–Crippen MR) is 63.7 cm³/mol. The minimum Gasteiger partial charge on any atom is -0.406 e. The van der Waals surface area contributed by atoms with Crippen molar-refractivity contribution in [3.8, 4) is 5.75 Å². The molecule has 0 bridgehead atoms.